The molecular weight excluding hydrogens is 477 g/mol. The Morgan fingerprint density at radius 1 is 1.12 bits per heavy atom. The summed E-state index contributed by atoms with van der Waals surface area (Å²) >= 11 is 10.8. The molecule has 1 aliphatic heterocycles. The highest BCUT2D eigenvalue weighted by atomic mass is 32.2. The molecule has 5 nitrogen and oxygen atoms in total. The van der Waals surface area contributed by atoms with E-state index in [0.717, 1.165) is 21.7 Å². The lowest BCUT2D eigenvalue weighted by atomic mass is 9.95. The van der Waals surface area contributed by atoms with Gasteiger partial charge in [0, 0.05) is 15.5 Å². The third-order valence-electron chi connectivity index (χ3n) is 5.34. The predicted molar refractivity (Wildman–Crippen MR) is 137 cm³/mol. The van der Waals surface area contributed by atoms with Crippen molar-refractivity contribution in [2.24, 2.45) is 0 Å². The molecule has 3 aromatic heterocycles. The van der Waals surface area contributed by atoms with Crippen molar-refractivity contribution in [2.45, 2.75) is 24.4 Å². The zero-order valence-electron chi connectivity index (χ0n) is 17.4. The summed E-state index contributed by atoms with van der Waals surface area (Å²) in [6.07, 6.45) is 2.07. The minimum Gasteiger partial charge on any atom is -0.351 e. The molecule has 0 radical (unpaired) electrons. The van der Waals surface area contributed by atoms with E-state index in [1.54, 1.807) is 34.4 Å². The van der Waals surface area contributed by atoms with Crippen molar-refractivity contribution in [1.29, 1.82) is 0 Å². The van der Waals surface area contributed by atoms with Gasteiger partial charge in [-0.3, -0.25) is 0 Å². The highest BCUT2D eigenvalue weighted by Crippen LogP contribution is 2.38. The van der Waals surface area contributed by atoms with Crippen molar-refractivity contribution in [3.8, 4) is 10.7 Å². The van der Waals surface area contributed by atoms with Crippen LogP contribution in [0.4, 0.5) is 0 Å². The summed E-state index contributed by atoms with van der Waals surface area (Å²) in [6, 6.07) is 16.5. The zero-order chi connectivity index (χ0) is 22.1. The van der Waals surface area contributed by atoms with Crippen molar-refractivity contribution < 1.29 is 4.52 Å². The van der Waals surface area contributed by atoms with Crippen molar-refractivity contribution in [3.63, 3.8) is 0 Å². The van der Waals surface area contributed by atoms with E-state index in [1.807, 2.05) is 17.5 Å². The monoisotopic (exact) mass is 496 g/mol. The topological polar surface area (TPSA) is 54.2 Å². The van der Waals surface area contributed by atoms with Crippen LogP contribution in [0.2, 0.25) is 0 Å². The van der Waals surface area contributed by atoms with Gasteiger partial charge in [-0.15, -0.1) is 34.4 Å². The Morgan fingerprint density at radius 2 is 1.91 bits per heavy atom. The molecule has 4 heterocycles. The minimum atomic E-state index is -0.172. The number of thiocarbonyl (C=S) groups is 1. The summed E-state index contributed by atoms with van der Waals surface area (Å²) in [4.78, 5) is 10.3. The molecule has 1 atom stereocenters. The second-order valence-electron chi connectivity index (χ2n) is 7.22. The first kappa shape index (κ1) is 21.4. The molecule has 0 saturated carbocycles. The molecule has 9 heteroatoms. The summed E-state index contributed by atoms with van der Waals surface area (Å²) in [5.41, 5.74) is 3.07. The van der Waals surface area contributed by atoms with E-state index >= 15 is 0 Å². The van der Waals surface area contributed by atoms with Crippen LogP contribution >= 0.6 is 46.7 Å². The number of rotatable bonds is 6. The Labute approximate surface area is 204 Å². The Hall–Kier alpha value is -2.46. The Balaban J connectivity index is 1.59. The molecule has 4 aromatic rings. The summed E-state index contributed by atoms with van der Waals surface area (Å²) in [5.74, 6) is 1.11. The molecule has 5 rings (SSSR count). The number of hydrogen-bond donors (Lipinski definition) is 1. The molecule has 1 aliphatic rings. The molecule has 0 saturated heterocycles. The van der Waals surface area contributed by atoms with Gasteiger partial charge < -0.3 is 14.7 Å². The average Bonchev–Trinajstić information content (AvgIpc) is 3.59. The molecular formula is C23H20N4OS4. The smallest absolute Gasteiger partial charge is 0.258 e. The van der Waals surface area contributed by atoms with Crippen LogP contribution in [0.5, 0.6) is 0 Å². The summed E-state index contributed by atoms with van der Waals surface area (Å²) in [5, 5.41) is 12.6. The van der Waals surface area contributed by atoms with Crippen molar-refractivity contribution in [1.82, 2.24) is 20.4 Å². The van der Waals surface area contributed by atoms with Crippen LogP contribution in [-0.4, -0.2) is 26.4 Å². The third-order valence-corrected chi connectivity index (χ3v) is 8.15. The molecule has 1 aromatic carbocycles. The Kier molecular flexibility index (Phi) is 6.14. The molecule has 32 heavy (non-hydrogen) atoms. The van der Waals surface area contributed by atoms with E-state index in [1.165, 1.54) is 9.77 Å². The second kappa shape index (κ2) is 9.19. The van der Waals surface area contributed by atoms with Crippen LogP contribution < -0.4 is 5.32 Å². The summed E-state index contributed by atoms with van der Waals surface area (Å²) in [7, 11) is 0. The predicted octanol–water partition coefficient (Wildman–Crippen LogP) is 6.44. The summed E-state index contributed by atoms with van der Waals surface area (Å²) in [6.45, 7) is 2.78. The number of thioether (sulfide) groups is 1. The maximum absolute atomic E-state index is 5.79. The fourth-order valence-corrected chi connectivity index (χ4v) is 5.76. The normalized spacial score (nSPS) is 16.5. The van der Waals surface area contributed by atoms with Crippen LogP contribution in [0.3, 0.4) is 0 Å². The maximum Gasteiger partial charge on any atom is 0.258 e. The third kappa shape index (κ3) is 4.13. The van der Waals surface area contributed by atoms with Gasteiger partial charge in [-0.2, -0.15) is 4.98 Å². The lowest BCUT2D eigenvalue weighted by Gasteiger charge is -2.37. The van der Waals surface area contributed by atoms with Gasteiger partial charge in [-0.1, -0.05) is 29.4 Å². The Bertz CT molecular complexity index is 1240. The standard InChI is InChI=1S/C23H20N4OS4/c1-14-19(22-25-21(26-28-22)18-6-4-12-32-18)20(15-7-9-16(30-2)10-8-15)24-23(29)27(14)13-17-5-3-11-31-17/h3-12,20H,13H2,1-2H3,(H,24,29). The highest BCUT2D eigenvalue weighted by molar-refractivity contribution is 7.98. The quantitative estimate of drug-likeness (QED) is 0.243. The number of allylic oxidation sites excluding steroid dienone is 1. The van der Waals surface area contributed by atoms with Gasteiger partial charge in [-0.25, -0.2) is 0 Å². The largest absolute Gasteiger partial charge is 0.351 e. The molecule has 1 N–H and O–H groups in total. The van der Waals surface area contributed by atoms with Gasteiger partial charge in [0.05, 0.1) is 23.0 Å². The molecule has 0 amide bonds. The van der Waals surface area contributed by atoms with E-state index in [9.17, 15) is 0 Å². The first-order valence-corrected chi connectivity index (χ1v) is 13.4. The average molecular weight is 497 g/mol. The maximum atomic E-state index is 5.79. The minimum absolute atomic E-state index is 0.172. The van der Waals surface area contributed by atoms with Crippen molar-refractivity contribution in [3.05, 3.63) is 81.3 Å². The SMILES string of the molecule is CSc1ccc(C2NC(=S)N(Cc3cccs3)C(C)=C2c2nc(-c3cccs3)no2)cc1. The van der Waals surface area contributed by atoms with Crippen LogP contribution in [0.25, 0.3) is 16.3 Å². The first-order valence-electron chi connectivity index (χ1n) is 9.97. The van der Waals surface area contributed by atoms with Gasteiger partial charge in [-0.05, 0) is 66.0 Å². The number of benzene rings is 1. The molecule has 1 unspecified atom stereocenters. The fourth-order valence-electron chi connectivity index (χ4n) is 3.69. The Morgan fingerprint density at radius 3 is 2.59 bits per heavy atom. The van der Waals surface area contributed by atoms with E-state index in [2.05, 4.69) is 70.3 Å². The number of nitrogens with one attached hydrogen (secondary N) is 1. The van der Waals surface area contributed by atoms with E-state index in [4.69, 9.17) is 21.7 Å². The molecule has 0 spiro atoms. The highest BCUT2D eigenvalue weighted by Gasteiger charge is 2.34. The number of aromatic nitrogens is 2. The summed E-state index contributed by atoms with van der Waals surface area (Å²) < 4.78 is 5.79. The van der Waals surface area contributed by atoms with Gasteiger partial charge in [0.25, 0.3) is 5.89 Å². The number of nitrogens with zero attached hydrogens (tertiary/aromatic N) is 3. The number of thiophene rings is 2. The van der Waals surface area contributed by atoms with E-state index < -0.39 is 0 Å². The van der Waals surface area contributed by atoms with Crippen LogP contribution in [0.15, 0.2) is 74.4 Å². The first-order chi connectivity index (χ1) is 15.6. The lowest BCUT2D eigenvalue weighted by Crippen LogP contribution is -2.45. The van der Waals surface area contributed by atoms with Crippen molar-refractivity contribution >= 4 is 57.3 Å². The van der Waals surface area contributed by atoms with Gasteiger partial charge in [0.15, 0.2) is 5.11 Å². The van der Waals surface area contributed by atoms with E-state index in [-0.39, 0.29) is 6.04 Å². The van der Waals surface area contributed by atoms with Gasteiger partial charge in [0.1, 0.15) is 0 Å². The van der Waals surface area contributed by atoms with Crippen LogP contribution in [0, 0.1) is 0 Å². The van der Waals surface area contributed by atoms with Crippen LogP contribution in [-0.2, 0) is 6.54 Å². The second-order valence-corrected chi connectivity index (χ2v) is 10.5. The number of hydrogen-bond acceptors (Lipinski definition) is 7. The van der Waals surface area contributed by atoms with Gasteiger partial charge >= 0.3 is 0 Å². The zero-order valence-corrected chi connectivity index (χ0v) is 20.7. The fraction of sp³-hybridized carbons (Fsp3) is 0.174. The van der Waals surface area contributed by atoms with Gasteiger partial charge in [0.2, 0.25) is 5.82 Å². The lowest BCUT2D eigenvalue weighted by molar-refractivity contribution is 0.396. The van der Waals surface area contributed by atoms with Crippen molar-refractivity contribution in [2.75, 3.05) is 6.26 Å². The molecule has 0 fully saturated rings. The van der Waals surface area contributed by atoms with Crippen LogP contribution in [0.1, 0.15) is 29.3 Å². The van der Waals surface area contributed by atoms with E-state index in [0.29, 0.717) is 23.4 Å². The molecule has 0 aliphatic carbocycles. The molecule has 162 valence electrons. The molecule has 0 bridgehead atoms.